The van der Waals surface area contributed by atoms with Crippen molar-refractivity contribution in [2.45, 2.75) is 72.4 Å². The second-order valence-electron chi connectivity index (χ2n) is 9.58. The Morgan fingerprint density at radius 2 is 1.88 bits per heavy atom. The van der Waals surface area contributed by atoms with Crippen molar-refractivity contribution in [2.75, 3.05) is 14.1 Å². The minimum absolute atomic E-state index is 0.498. The highest BCUT2D eigenvalue weighted by Crippen LogP contribution is 2.46. The molecule has 0 bridgehead atoms. The maximum Gasteiger partial charge on any atom is 0.104 e. The molecule has 0 saturated heterocycles. The summed E-state index contributed by atoms with van der Waals surface area (Å²) < 4.78 is 0.986. The van der Waals surface area contributed by atoms with Gasteiger partial charge in [0.25, 0.3) is 0 Å². The van der Waals surface area contributed by atoms with E-state index in [-0.39, 0.29) is 0 Å². The normalized spacial score (nSPS) is 25.0. The van der Waals surface area contributed by atoms with Crippen molar-refractivity contribution in [2.24, 2.45) is 17.3 Å². The highest BCUT2D eigenvalue weighted by Gasteiger charge is 2.37. The van der Waals surface area contributed by atoms with Gasteiger partial charge >= 0.3 is 0 Å². The summed E-state index contributed by atoms with van der Waals surface area (Å²) in [5.74, 6) is 1.72. The molecule has 0 radical (unpaired) electrons. The molecule has 1 aliphatic rings. The molecule has 0 aliphatic heterocycles. The summed E-state index contributed by atoms with van der Waals surface area (Å²) in [7, 11) is 4.67. The van der Waals surface area contributed by atoms with Crippen LogP contribution in [0, 0.1) is 17.3 Å². The summed E-state index contributed by atoms with van der Waals surface area (Å²) in [5.41, 5.74) is 1.76. The fourth-order valence-electron chi connectivity index (χ4n) is 4.75. The zero-order valence-electron chi connectivity index (χ0n) is 16.9. The van der Waals surface area contributed by atoms with Crippen molar-refractivity contribution in [3.05, 3.63) is 33.8 Å². The summed E-state index contributed by atoms with van der Waals surface area (Å²) in [6.45, 7) is 10.8. The highest BCUT2D eigenvalue weighted by molar-refractivity contribution is 6.42. The van der Waals surface area contributed by atoms with E-state index >= 15 is 0 Å². The predicted octanol–water partition coefficient (Wildman–Crippen LogP) is 7.20. The van der Waals surface area contributed by atoms with Crippen LogP contribution < -0.4 is 0 Å². The van der Waals surface area contributed by atoms with Crippen LogP contribution in [0.4, 0.5) is 0 Å². The van der Waals surface area contributed by atoms with Crippen LogP contribution in [0.25, 0.3) is 0 Å². The number of benzene rings is 1. The van der Waals surface area contributed by atoms with E-state index < -0.39 is 0 Å². The molecule has 0 N–H and O–H groups in total. The van der Waals surface area contributed by atoms with Gasteiger partial charge in [-0.3, -0.25) is 0 Å². The molecule has 25 heavy (non-hydrogen) atoms. The fraction of sp³-hybridized carbons (Fsp3) is 0.727. The fourth-order valence-corrected chi connectivity index (χ4v) is 5.07. The lowest BCUT2D eigenvalue weighted by Crippen LogP contribution is -2.47. The molecule has 142 valence electrons. The average molecular weight is 385 g/mol. The van der Waals surface area contributed by atoms with Crippen molar-refractivity contribution < 1.29 is 4.48 Å². The zero-order chi connectivity index (χ0) is 18.8. The third-order valence-corrected chi connectivity index (χ3v) is 7.57. The van der Waals surface area contributed by atoms with Crippen LogP contribution in [-0.4, -0.2) is 24.6 Å². The molecule has 1 aromatic rings. The van der Waals surface area contributed by atoms with Gasteiger partial charge in [0.05, 0.1) is 30.2 Å². The predicted molar refractivity (Wildman–Crippen MR) is 111 cm³/mol. The highest BCUT2D eigenvalue weighted by atomic mass is 35.5. The molecule has 1 aliphatic carbocycles. The third-order valence-electron chi connectivity index (χ3n) is 6.83. The van der Waals surface area contributed by atoms with Gasteiger partial charge in [-0.1, -0.05) is 62.9 Å². The molecule has 3 unspecified atom stereocenters. The van der Waals surface area contributed by atoms with Crippen molar-refractivity contribution in [3.8, 4) is 0 Å². The van der Waals surface area contributed by atoms with Gasteiger partial charge in [-0.05, 0) is 55.6 Å². The van der Waals surface area contributed by atoms with Crippen molar-refractivity contribution in [1.29, 1.82) is 0 Å². The van der Waals surface area contributed by atoms with Crippen LogP contribution in [0.5, 0.6) is 0 Å². The first-order chi connectivity index (χ1) is 11.5. The van der Waals surface area contributed by atoms with Crippen molar-refractivity contribution in [1.82, 2.24) is 0 Å². The third kappa shape index (κ3) is 5.37. The van der Waals surface area contributed by atoms with Crippen LogP contribution in [0.3, 0.4) is 0 Å². The summed E-state index contributed by atoms with van der Waals surface area (Å²) in [6, 6.07) is 6.66. The van der Waals surface area contributed by atoms with Gasteiger partial charge in [0.2, 0.25) is 0 Å². The van der Waals surface area contributed by atoms with E-state index in [0.29, 0.717) is 21.5 Å². The summed E-state index contributed by atoms with van der Waals surface area (Å²) in [6.07, 6.45) is 6.83. The lowest BCUT2D eigenvalue weighted by molar-refractivity contribution is -0.926. The molecule has 0 spiro atoms. The van der Waals surface area contributed by atoms with E-state index in [9.17, 15) is 0 Å². The lowest BCUT2D eigenvalue weighted by Gasteiger charge is -2.44. The van der Waals surface area contributed by atoms with E-state index in [2.05, 4.69) is 47.9 Å². The Labute approximate surface area is 165 Å². The Morgan fingerprint density at radius 1 is 1.20 bits per heavy atom. The number of halogens is 2. The van der Waals surface area contributed by atoms with E-state index in [4.69, 9.17) is 23.2 Å². The van der Waals surface area contributed by atoms with Crippen molar-refractivity contribution >= 4 is 23.2 Å². The van der Waals surface area contributed by atoms with Crippen LogP contribution in [0.15, 0.2) is 18.2 Å². The topological polar surface area (TPSA) is 0 Å². The smallest absolute Gasteiger partial charge is 0.104 e. The summed E-state index contributed by atoms with van der Waals surface area (Å²) in [4.78, 5) is 0. The maximum absolute atomic E-state index is 6.19. The monoisotopic (exact) mass is 384 g/mol. The quantitative estimate of drug-likeness (QED) is 0.454. The molecule has 1 nitrogen and oxygen atoms in total. The van der Waals surface area contributed by atoms with Crippen LogP contribution in [-0.2, 0) is 6.54 Å². The molecule has 1 fully saturated rings. The number of nitrogens with zero attached hydrogens (tertiary/aromatic N) is 1. The van der Waals surface area contributed by atoms with E-state index in [0.717, 1.165) is 22.9 Å². The van der Waals surface area contributed by atoms with Crippen LogP contribution in [0.1, 0.15) is 65.4 Å². The summed E-state index contributed by atoms with van der Waals surface area (Å²) >= 11 is 12.2. The number of hydrogen-bond acceptors (Lipinski definition) is 0. The number of hydrogen-bond donors (Lipinski definition) is 0. The minimum atomic E-state index is 0.498. The molecular formula is C22H36Cl2N+. The molecule has 0 amide bonds. The van der Waals surface area contributed by atoms with Crippen LogP contribution >= 0.6 is 23.2 Å². The van der Waals surface area contributed by atoms with E-state index in [1.807, 2.05) is 12.1 Å². The largest absolute Gasteiger partial charge is 0.323 e. The minimum Gasteiger partial charge on any atom is -0.323 e. The molecule has 3 atom stereocenters. The van der Waals surface area contributed by atoms with Gasteiger partial charge in [0.15, 0.2) is 0 Å². The van der Waals surface area contributed by atoms with Gasteiger partial charge in [-0.25, -0.2) is 0 Å². The first-order valence-corrected chi connectivity index (χ1v) is 10.5. The first-order valence-electron chi connectivity index (χ1n) is 9.79. The zero-order valence-corrected chi connectivity index (χ0v) is 18.4. The van der Waals surface area contributed by atoms with E-state index in [1.165, 1.54) is 37.7 Å². The van der Waals surface area contributed by atoms with Crippen molar-refractivity contribution in [3.63, 3.8) is 0 Å². The Balaban J connectivity index is 1.98. The molecule has 1 saturated carbocycles. The van der Waals surface area contributed by atoms with Gasteiger partial charge < -0.3 is 4.48 Å². The maximum atomic E-state index is 6.19. The van der Waals surface area contributed by atoms with Crippen LogP contribution in [0.2, 0.25) is 10.0 Å². The van der Waals surface area contributed by atoms with Gasteiger partial charge in [0.1, 0.15) is 6.54 Å². The van der Waals surface area contributed by atoms with Gasteiger partial charge in [-0.2, -0.15) is 0 Å². The standard InChI is InChI=1S/C22H36Cl2N/c1-16-8-7-13-22(3,4)19(16)11-9-17(2)25(5,6)15-18-10-12-20(23)21(24)14-18/h10,12,14,16-17,19H,7-9,11,13,15H2,1-6H3/q+1. The Bertz CT molecular complexity index is 579. The SMILES string of the molecule is CC1CCCC(C)(C)C1CCC(C)[N+](C)(C)Cc1ccc(Cl)c(Cl)c1. The van der Waals surface area contributed by atoms with E-state index in [1.54, 1.807) is 0 Å². The lowest BCUT2D eigenvalue weighted by atomic mass is 9.62. The second kappa shape index (κ2) is 8.19. The second-order valence-corrected chi connectivity index (χ2v) is 10.4. The number of rotatable bonds is 6. The summed E-state index contributed by atoms with van der Waals surface area (Å²) in [5, 5.41) is 1.29. The molecule has 0 aromatic heterocycles. The Kier molecular flexibility index (Phi) is 6.90. The molecule has 3 heteroatoms. The first kappa shape index (κ1) is 21.1. The molecular weight excluding hydrogens is 349 g/mol. The number of quaternary nitrogens is 1. The van der Waals surface area contributed by atoms with Gasteiger partial charge in [0, 0.05) is 5.56 Å². The van der Waals surface area contributed by atoms with Gasteiger partial charge in [-0.15, -0.1) is 0 Å². The average Bonchev–Trinajstić information content (AvgIpc) is 2.49. The molecule has 0 heterocycles. The molecule has 2 rings (SSSR count). The Hall–Kier alpha value is -0.240. The Morgan fingerprint density at radius 3 is 2.48 bits per heavy atom. The molecule has 1 aromatic carbocycles.